The molecule has 8 heteroatoms. The van der Waals surface area contributed by atoms with Crippen molar-refractivity contribution >= 4 is 43.2 Å². The summed E-state index contributed by atoms with van der Waals surface area (Å²) < 4.78 is 41.4. The molecule has 0 aliphatic carbocycles. The SMILES string of the molecule is O=C1CCCCN1c1ccc(S(=O)(=O)Nc2ccc(Br)cc2F)cc1. The van der Waals surface area contributed by atoms with Gasteiger partial charge in [0.1, 0.15) is 5.82 Å². The topological polar surface area (TPSA) is 66.5 Å². The van der Waals surface area contributed by atoms with Gasteiger partial charge in [0.25, 0.3) is 10.0 Å². The summed E-state index contributed by atoms with van der Waals surface area (Å²) >= 11 is 3.12. The van der Waals surface area contributed by atoms with Crippen molar-refractivity contribution in [1.29, 1.82) is 0 Å². The van der Waals surface area contributed by atoms with Crippen LogP contribution in [0.4, 0.5) is 15.8 Å². The Hall–Kier alpha value is -1.93. The maximum atomic E-state index is 13.8. The lowest BCUT2D eigenvalue weighted by molar-refractivity contribution is -0.119. The number of hydrogen-bond donors (Lipinski definition) is 1. The molecule has 2 aromatic carbocycles. The highest BCUT2D eigenvalue weighted by Gasteiger charge is 2.21. The molecule has 25 heavy (non-hydrogen) atoms. The van der Waals surface area contributed by atoms with Gasteiger partial charge < -0.3 is 4.90 Å². The van der Waals surface area contributed by atoms with E-state index in [0.29, 0.717) is 23.1 Å². The molecule has 0 unspecified atom stereocenters. The zero-order valence-corrected chi connectivity index (χ0v) is 15.6. The van der Waals surface area contributed by atoms with Gasteiger partial charge in [0.15, 0.2) is 0 Å². The van der Waals surface area contributed by atoms with Crippen LogP contribution in [-0.2, 0) is 14.8 Å². The molecular weight excluding hydrogens is 411 g/mol. The summed E-state index contributed by atoms with van der Waals surface area (Å²) in [7, 11) is -3.92. The van der Waals surface area contributed by atoms with E-state index in [1.165, 1.54) is 24.3 Å². The molecular formula is C17H16BrFN2O3S. The van der Waals surface area contributed by atoms with Crippen LogP contribution in [-0.4, -0.2) is 20.9 Å². The number of benzene rings is 2. The van der Waals surface area contributed by atoms with Gasteiger partial charge >= 0.3 is 0 Å². The zero-order chi connectivity index (χ0) is 18.0. The Balaban J connectivity index is 1.81. The zero-order valence-electron chi connectivity index (χ0n) is 13.2. The van der Waals surface area contributed by atoms with E-state index in [2.05, 4.69) is 20.7 Å². The van der Waals surface area contributed by atoms with E-state index in [1.807, 2.05) is 0 Å². The molecule has 0 saturated carbocycles. The number of piperidine rings is 1. The van der Waals surface area contributed by atoms with Gasteiger partial charge in [0.2, 0.25) is 5.91 Å². The van der Waals surface area contributed by atoms with Crippen molar-refractivity contribution < 1.29 is 17.6 Å². The largest absolute Gasteiger partial charge is 0.312 e. The van der Waals surface area contributed by atoms with Crippen LogP contribution in [0.25, 0.3) is 0 Å². The Kier molecular flexibility index (Phi) is 5.10. The van der Waals surface area contributed by atoms with Crippen LogP contribution in [0.5, 0.6) is 0 Å². The summed E-state index contributed by atoms with van der Waals surface area (Å²) in [6, 6.07) is 10.1. The van der Waals surface area contributed by atoms with Gasteiger partial charge in [-0.05, 0) is 55.3 Å². The minimum atomic E-state index is -3.92. The normalized spacial score (nSPS) is 15.3. The number of hydrogen-bond acceptors (Lipinski definition) is 3. The quantitative estimate of drug-likeness (QED) is 0.805. The van der Waals surface area contributed by atoms with Gasteiger partial charge in [-0.1, -0.05) is 15.9 Å². The van der Waals surface area contributed by atoms with Crippen LogP contribution in [0.2, 0.25) is 0 Å². The molecule has 0 spiro atoms. The van der Waals surface area contributed by atoms with Crippen LogP contribution < -0.4 is 9.62 Å². The van der Waals surface area contributed by atoms with Crippen LogP contribution in [0, 0.1) is 5.82 Å². The van der Waals surface area contributed by atoms with Crippen molar-refractivity contribution in [3.8, 4) is 0 Å². The lowest BCUT2D eigenvalue weighted by atomic mass is 10.1. The van der Waals surface area contributed by atoms with Gasteiger partial charge in [-0.2, -0.15) is 0 Å². The second-order valence-corrected chi connectivity index (χ2v) is 8.32. The second kappa shape index (κ2) is 7.13. The molecule has 1 N–H and O–H groups in total. The van der Waals surface area contributed by atoms with Crippen molar-refractivity contribution in [3.05, 3.63) is 52.8 Å². The molecule has 0 radical (unpaired) electrons. The fraction of sp³-hybridized carbons (Fsp3) is 0.235. The highest BCUT2D eigenvalue weighted by molar-refractivity contribution is 9.10. The standard InChI is InChI=1S/C17H16BrFN2O3S/c18-12-4-9-16(15(19)11-12)20-25(23,24)14-7-5-13(6-8-14)21-10-2-1-3-17(21)22/h4-9,11,20H,1-3,10H2. The molecule has 1 heterocycles. The van der Waals surface area contributed by atoms with E-state index < -0.39 is 15.8 Å². The summed E-state index contributed by atoms with van der Waals surface area (Å²) in [5.74, 6) is -0.634. The molecule has 5 nitrogen and oxygen atoms in total. The predicted octanol–water partition coefficient (Wildman–Crippen LogP) is 3.91. The highest BCUT2D eigenvalue weighted by Crippen LogP contribution is 2.25. The number of sulfonamides is 1. The van der Waals surface area contributed by atoms with E-state index in [-0.39, 0.29) is 16.5 Å². The molecule has 0 bridgehead atoms. The maximum Gasteiger partial charge on any atom is 0.261 e. The number of amides is 1. The number of carbonyl (C=O) groups excluding carboxylic acids is 1. The van der Waals surface area contributed by atoms with Gasteiger partial charge in [0, 0.05) is 23.1 Å². The third-order valence-electron chi connectivity index (χ3n) is 3.96. The van der Waals surface area contributed by atoms with Crippen molar-refractivity contribution in [3.63, 3.8) is 0 Å². The Morgan fingerprint density at radius 1 is 1.08 bits per heavy atom. The van der Waals surface area contributed by atoms with E-state index in [4.69, 9.17) is 0 Å². The second-order valence-electron chi connectivity index (χ2n) is 5.73. The van der Waals surface area contributed by atoms with Crippen LogP contribution in [0.1, 0.15) is 19.3 Å². The molecule has 0 atom stereocenters. The molecule has 132 valence electrons. The highest BCUT2D eigenvalue weighted by atomic mass is 79.9. The van der Waals surface area contributed by atoms with Crippen molar-refractivity contribution in [2.75, 3.05) is 16.2 Å². The first kappa shape index (κ1) is 17.9. The number of carbonyl (C=O) groups is 1. The Morgan fingerprint density at radius 2 is 1.80 bits per heavy atom. The van der Waals surface area contributed by atoms with Gasteiger partial charge in [-0.15, -0.1) is 0 Å². The molecule has 1 aliphatic rings. The minimum Gasteiger partial charge on any atom is -0.312 e. The maximum absolute atomic E-state index is 13.8. The van der Waals surface area contributed by atoms with Crippen LogP contribution in [0.3, 0.4) is 0 Å². The molecule has 0 aromatic heterocycles. The number of rotatable bonds is 4. The van der Waals surface area contributed by atoms with Crippen molar-refractivity contribution in [1.82, 2.24) is 0 Å². The third-order valence-corrected chi connectivity index (χ3v) is 5.83. The fourth-order valence-electron chi connectivity index (χ4n) is 2.66. The first-order valence-corrected chi connectivity index (χ1v) is 10.0. The van der Waals surface area contributed by atoms with Gasteiger partial charge in [-0.25, -0.2) is 12.8 Å². The average Bonchev–Trinajstić information content (AvgIpc) is 2.58. The lowest BCUT2D eigenvalue weighted by Crippen LogP contribution is -2.35. The van der Waals surface area contributed by atoms with E-state index >= 15 is 0 Å². The predicted molar refractivity (Wildman–Crippen MR) is 97.6 cm³/mol. The summed E-state index contributed by atoms with van der Waals surface area (Å²) in [5.41, 5.74) is 0.539. The van der Waals surface area contributed by atoms with Crippen molar-refractivity contribution in [2.24, 2.45) is 0 Å². The van der Waals surface area contributed by atoms with Gasteiger partial charge in [0.05, 0.1) is 10.6 Å². The Bertz CT molecular complexity index is 901. The summed E-state index contributed by atoms with van der Waals surface area (Å²) in [4.78, 5) is 13.6. The lowest BCUT2D eigenvalue weighted by Gasteiger charge is -2.26. The molecule has 1 amide bonds. The monoisotopic (exact) mass is 426 g/mol. The number of anilines is 2. The summed E-state index contributed by atoms with van der Waals surface area (Å²) in [6.07, 6.45) is 2.31. The molecule has 1 saturated heterocycles. The molecule has 1 fully saturated rings. The first-order valence-electron chi connectivity index (χ1n) is 7.75. The number of nitrogens with one attached hydrogen (secondary N) is 1. The summed E-state index contributed by atoms with van der Waals surface area (Å²) in [5, 5.41) is 0. The fourth-order valence-corrected chi connectivity index (χ4v) is 4.06. The van der Waals surface area contributed by atoms with E-state index in [9.17, 15) is 17.6 Å². The van der Waals surface area contributed by atoms with Crippen LogP contribution >= 0.6 is 15.9 Å². The number of halogens is 2. The van der Waals surface area contributed by atoms with E-state index in [0.717, 1.165) is 12.8 Å². The minimum absolute atomic E-state index is 0.00280. The number of nitrogens with zero attached hydrogens (tertiary/aromatic N) is 1. The Morgan fingerprint density at radius 3 is 2.44 bits per heavy atom. The molecule has 3 rings (SSSR count). The summed E-state index contributed by atoms with van der Waals surface area (Å²) in [6.45, 7) is 0.632. The van der Waals surface area contributed by atoms with Gasteiger partial charge in [-0.3, -0.25) is 9.52 Å². The first-order chi connectivity index (χ1) is 11.9. The smallest absolute Gasteiger partial charge is 0.261 e. The molecule has 1 aliphatic heterocycles. The Labute approximate surface area is 154 Å². The van der Waals surface area contributed by atoms with Crippen LogP contribution in [0.15, 0.2) is 51.8 Å². The average molecular weight is 427 g/mol. The molecule has 2 aromatic rings. The van der Waals surface area contributed by atoms with Crippen molar-refractivity contribution in [2.45, 2.75) is 24.2 Å². The third kappa shape index (κ3) is 4.01. The van der Waals surface area contributed by atoms with E-state index in [1.54, 1.807) is 23.1 Å².